The topological polar surface area (TPSA) is 57.2 Å². The van der Waals surface area contributed by atoms with E-state index in [0.29, 0.717) is 0 Å². The number of rotatable bonds is 1. The van der Waals surface area contributed by atoms with Crippen LogP contribution in [-0.4, -0.2) is 45.7 Å². The second kappa shape index (κ2) is 5.67. The molecule has 0 aliphatic carbocycles. The molecule has 138 valence electrons. The third-order valence-corrected chi connectivity index (χ3v) is 5.13. The van der Waals surface area contributed by atoms with Crippen molar-refractivity contribution in [3.05, 3.63) is 0 Å². The van der Waals surface area contributed by atoms with Gasteiger partial charge >= 0.3 is 0 Å². The van der Waals surface area contributed by atoms with Crippen molar-refractivity contribution in [2.24, 2.45) is 0 Å². The van der Waals surface area contributed by atoms with Gasteiger partial charge in [0.25, 0.3) is 0 Å². The lowest BCUT2D eigenvalue weighted by molar-refractivity contribution is -0.200. The fourth-order valence-electron chi connectivity index (χ4n) is 2.91. The average molecular weight is 332 g/mol. The molecule has 0 aromatic heterocycles. The fraction of sp³-hybridized carbons (Fsp3) is 1.00. The molecule has 0 aromatic carbocycles. The minimum Gasteiger partial charge on any atom is -0.391 e. The Labute approximate surface area is 141 Å². The van der Waals surface area contributed by atoms with Crippen molar-refractivity contribution in [3.8, 4) is 0 Å². The zero-order valence-electron chi connectivity index (χ0n) is 16.8. The van der Waals surface area contributed by atoms with Gasteiger partial charge < -0.3 is 24.1 Å². The van der Waals surface area contributed by atoms with Crippen LogP contribution in [0.5, 0.6) is 0 Å². The maximum Gasteiger partial charge on any atom is 0.190 e. The van der Waals surface area contributed by atoms with Gasteiger partial charge in [0.15, 0.2) is 11.6 Å². The summed E-state index contributed by atoms with van der Waals surface area (Å²) in [6.45, 7) is 21.6. The molecule has 0 unspecified atom stereocenters. The Morgan fingerprint density at radius 2 is 0.783 bits per heavy atom. The number of aliphatic hydroxyl groups is 1. The van der Waals surface area contributed by atoms with Crippen LogP contribution in [0.25, 0.3) is 0 Å². The minimum atomic E-state index is -0.840. The molecule has 2 rings (SSSR count). The smallest absolute Gasteiger partial charge is 0.190 e. The molecule has 0 spiro atoms. The number of ether oxygens (including phenoxy) is 4. The summed E-state index contributed by atoms with van der Waals surface area (Å²) >= 11 is 0. The first-order chi connectivity index (χ1) is 9.89. The van der Waals surface area contributed by atoms with E-state index < -0.39 is 11.6 Å². The molecule has 2 heterocycles. The van der Waals surface area contributed by atoms with Gasteiger partial charge in [-0.2, -0.15) is 0 Å². The predicted octanol–water partition coefficient (Wildman–Crippen LogP) is 3.63. The Balaban J connectivity index is 0.000000231. The molecule has 2 saturated heterocycles. The van der Waals surface area contributed by atoms with Crippen LogP contribution in [0.2, 0.25) is 0 Å². The van der Waals surface area contributed by atoms with Gasteiger partial charge in [-0.15, -0.1) is 0 Å². The molecule has 0 atom stereocenters. The lowest BCUT2D eigenvalue weighted by Crippen LogP contribution is -2.41. The summed E-state index contributed by atoms with van der Waals surface area (Å²) in [6, 6.07) is 0. The molecule has 2 fully saturated rings. The highest BCUT2D eigenvalue weighted by molar-refractivity contribution is 4.98. The Hall–Kier alpha value is -0.200. The van der Waals surface area contributed by atoms with Crippen LogP contribution in [0.3, 0.4) is 0 Å². The van der Waals surface area contributed by atoms with Crippen LogP contribution in [0, 0.1) is 0 Å². The third-order valence-electron chi connectivity index (χ3n) is 5.13. The van der Waals surface area contributed by atoms with E-state index in [9.17, 15) is 0 Å². The van der Waals surface area contributed by atoms with Gasteiger partial charge in [-0.25, -0.2) is 0 Å². The Bertz CT molecular complexity index is 401. The van der Waals surface area contributed by atoms with Crippen LogP contribution in [0.15, 0.2) is 0 Å². The van der Waals surface area contributed by atoms with Crippen LogP contribution in [-0.2, 0) is 18.9 Å². The molecule has 5 heteroatoms. The van der Waals surface area contributed by atoms with Crippen molar-refractivity contribution in [2.45, 2.75) is 110 Å². The van der Waals surface area contributed by atoms with Crippen molar-refractivity contribution in [1.29, 1.82) is 0 Å². The maximum atomic E-state index is 9.04. The van der Waals surface area contributed by atoms with E-state index in [1.807, 2.05) is 41.5 Å². The number of hydrogen-bond donors (Lipinski definition) is 1. The molecule has 0 saturated carbocycles. The van der Waals surface area contributed by atoms with E-state index in [4.69, 9.17) is 24.1 Å². The molecule has 1 N–H and O–H groups in total. The second-order valence-electron chi connectivity index (χ2n) is 9.14. The van der Waals surface area contributed by atoms with Gasteiger partial charge in [0.2, 0.25) is 0 Å². The quantitative estimate of drug-likeness (QED) is 0.795. The van der Waals surface area contributed by atoms with Gasteiger partial charge in [0, 0.05) is 0 Å². The van der Waals surface area contributed by atoms with Gasteiger partial charge in [-0.05, 0) is 76.2 Å². The Morgan fingerprint density at radius 3 is 0.913 bits per heavy atom. The number of hydrogen-bond acceptors (Lipinski definition) is 5. The van der Waals surface area contributed by atoms with E-state index in [-0.39, 0.29) is 29.0 Å². The van der Waals surface area contributed by atoms with Crippen molar-refractivity contribution >= 4 is 0 Å². The van der Waals surface area contributed by atoms with Crippen molar-refractivity contribution in [1.82, 2.24) is 0 Å². The zero-order valence-corrected chi connectivity index (χ0v) is 16.8. The van der Waals surface area contributed by atoms with Gasteiger partial charge in [-0.1, -0.05) is 0 Å². The first kappa shape index (κ1) is 20.8. The molecule has 5 nitrogen and oxygen atoms in total. The zero-order chi connectivity index (χ0) is 18.5. The molecule has 0 bridgehead atoms. The Morgan fingerprint density at radius 1 is 0.522 bits per heavy atom. The summed E-state index contributed by atoms with van der Waals surface area (Å²) in [7, 11) is 0. The molecular formula is C18H36O5. The van der Waals surface area contributed by atoms with Gasteiger partial charge in [0.05, 0.1) is 29.0 Å². The van der Waals surface area contributed by atoms with E-state index in [0.717, 1.165) is 0 Å². The van der Waals surface area contributed by atoms with Crippen molar-refractivity contribution in [3.63, 3.8) is 0 Å². The number of aliphatic hydroxyl groups excluding tert-OH is 1. The first-order valence-corrected chi connectivity index (χ1v) is 8.30. The minimum absolute atomic E-state index is 0.111. The predicted molar refractivity (Wildman–Crippen MR) is 90.2 cm³/mol. The lowest BCUT2D eigenvalue weighted by Gasteiger charge is -2.30. The van der Waals surface area contributed by atoms with Crippen LogP contribution in [0.4, 0.5) is 0 Å². The summed E-state index contributed by atoms with van der Waals surface area (Å²) in [5.74, 6) is -1.28. The molecule has 0 aromatic rings. The van der Waals surface area contributed by atoms with Crippen LogP contribution in [0.1, 0.15) is 76.2 Å². The molecule has 0 amide bonds. The maximum absolute atomic E-state index is 9.04. The van der Waals surface area contributed by atoms with E-state index in [1.165, 1.54) is 0 Å². The molecule has 2 aliphatic rings. The summed E-state index contributed by atoms with van der Waals surface area (Å²) in [4.78, 5) is 0. The highest BCUT2D eigenvalue weighted by atomic mass is 16.8. The normalized spacial score (nSPS) is 31.3. The summed E-state index contributed by atoms with van der Waals surface area (Å²) in [5.41, 5.74) is -1.11. The molecule has 23 heavy (non-hydrogen) atoms. The third kappa shape index (κ3) is 4.26. The SMILES string of the molecule is CC1(C)OC(C)(C)C(C)(C)O1.CC1(CO)OC(C)(C)C(C)(C)O1. The summed E-state index contributed by atoms with van der Waals surface area (Å²) < 4.78 is 22.7. The van der Waals surface area contributed by atoms with E-state index in [1.54, 1.807) is 6.92 Å². The monoisotopic (exact) mass is 332 g/mol. The summed E-state index contributed by atoms with van der Waals surface area (Å²) in [6.07, 6.45) is 0. The molecule has 2 aliphatic heterocycles. The van der Waals surface area contributed by atoms with Crippen LogP contribution >= 0.6 is 0 Å². The van der Waals surface area contributed by atoms with Gasteiger partial charge in [-0.3, -0.25) is 0 Å². The molecule has 0 radical (unpaired) electrons. The van der Waals surface area contributed by atoms with Gasteiger partial charge in [0.1, 0.15) is 0 Å². The van der Waals surface area contributed by atoms with Crippen molar-refractivity contribution < 1.29 is 24.1 Å². The highest BCUT2D eigenvalue weighted by Crippen LogP contribution is 2.44. The largest absolute Gasteiger partial charge is 0.391 e. The summed E-state index contributed by atoms with van der Waals surface area (Å²) in [5, 5.41) is 9.04. The second-order valence-corrected chi connectivity index (χ2v) is 9.14. The fourth-order valence-corrected chi connectivity index (χ4v) is 2.91. The van der Waals surface area contributed by atoms with Crippen molar-refractivity contribution in [2.75, 3.05) is 6.61 Å². The standard InChI is InChI=1S/C9H18O3.C9H18O2/c1-7(2)8(3,4)12-9(5,6-10)11-7;1-7(2)8(3,4)11-9(5,6)10-7/h10H,6H2,1-5H3;1-6H3. The van der Waals surface area contributed by atoms with E-state index in [2.05, 4.69) is 27.7 Å². The molecular weight excluding hydrogens is 296 g/mol. The van der Waals surface area contributed by atoms with Crippen LogP contribution < -0.4 is 0 Å². The Kier molecular flexibility index (Phi) is 5.13. The first-order valence-electron chi connectivity index (χ1n) is 8.30. The average Bonchev–Trinajstić information content (AvgIpc) is 2.49. The lowest BCUT2D eigenvalue weighted by atomic mass is 9.90. The van der Waals surface area contributed by atoms with E-state index >= 15 is 0 Å². The highest BCUT2D eigenvalue weighted by Gasteiger charge is 2.54.